The molecule has 1 amide bonds. The van der Waals surface area contributed by atoms with E-state index in [1.54, 1.807) is 9.58 Å². The molecular weight excluding hydrogens is 396 g/mol. The zero-order valence-electron chi connectivity index (χ0n) is 17.6. The molecule has 0 saturated carbocycles. The quantitative estimate of drug-likeness (QED) is 0.578. The lowest BCUT2D eigenvalue weighted by atomic mass is 10.2. The van der Waals surface area contributed by atoms with E-state index in [0.29, 0.717) is 26.2 Å². The van der Waals surface area contributed by atoms with E-state index in [2.05, 4.69) is 20.4 Å². The lowest BCUT2D eigenvalue weighted by Gasteiger charge is -2.33. The molecule has 1 fully saturated rings. The minimum atomic E-state index is -0.275. The molecular formula is C22H26N6O3. The van der Waals surface area contributed by atoms with Crippen LogP contribution in [0.25, 0.3) is 5.69 Å². The summed E-state index contributed by atoms with van der Waals surface area (Å²) in [5.41, 5.74) is 1.86. The second kappa shape index (κ2) is 10.0. The van der Waals surface area contributed by atoms with E-state index >= 15 is 0 Å². The smallest absolute Gasteiger partial charge is 0.410 e. The van der Waals surface area contributed by atoms with Crippen molar-refractivity contribution >= 4 is 6.09 Å². The molecule has 9 heteroatoms. The molecule has 0 unspecified atom stereocenters. The van der Waals surface area contributed by atoms with Crippen molar-refractivity contribution in [3.05, 3.63) is 66.0 Å². The molecule has 0 atom stereocenters. The molecule has 4 rings (SSSR count). The van der Waals surface area contributed by atoms with Crippen LogP contribution in [0.4, 0.5) is 4.79 Å². The molecule has 2 aromatic carbocycles. The van der Waals surface area contributed by atoms with Gasteiger partial charge in [-0.05, 0) is 47.2 Å². The number of hydrogen-bond donors (Lipinski definition) is 0. The third kappa shape index (κ3) is 5.37. The summed E-state index contributed by atoms with van der Waals surface area (Å²) in [6, 6.07) is 17.4. The number of carbonyl (C=O) groups is 1. The fourth-order valence-corrected chi connectivity index (χ4v) is 3.45. The fourth-order valence-electron chi connectivity index (χ4n) is 3.45. The number of carbonyl (C=O) groups excluding carboxylic acids is 1. The Morgan fingerprint density at radius 3 is 2.45 bits per heavy atom. The Balaban J connectivity index is 1.28. The number of benzene rings is 2. The van der Waals surface area contributed by atoms with Gasteiger partial charge in [0.1, 0.15) is 12.4 Å². The number of hydrogen-bond acceptors (Lipinski definition) is 7. The first-order valence-corrected chi connectivity index (χ1v) is 10.4. The predicted molar refractivity (Wildman–Crippen MR) is 114 cm³/mol. The highest BCUT2D eigenvalue weighted by molar-refractivity contribution is 5.67. The number of piperazine rings is 1. The van der Waals surface area contributed by atoms with Crippen LogP contribution in [-0.4, -0.2) is 68.9 Å². The van der Waals surface area contributed by atoms with Crippen molar-refractivity contribution in [2.75, 3.05) is 32.8 Å². The van der Waals surface area contributed by atoms with Crippen LogP contribution in [0.3, 0.4) is 0 Å². The molecule has 162 valence electrons. The first-order valence-electron chi connectivity index (χ1n) is 10.4. The Morgan fingerprint density at radius 2 is 1.74 bits per heavy atom. The molecule has 3 aromatic rings. The SMILES string of the molecule is CCOc1ccc(-n2nnnc2CN2CCN(C(=O)OCc3ccccc3)CC2)cc1. The van der Waals surface area contributed by atoms with Crippen molar-refractivity contribution in [1.82, 2.24) is 30.0 Å². The Hall–Kier alpha value is -3.46. The number of ether oxygens (including phenoxy) is 2. The first-order chi connectivity index (χ1) is 15.2. The summed E-state index contributed by atoms with van der Waals surface area (Å²) in [5, 5.41) is 12.2. The van der Waals surface area contributed by atoms with E-state index in [-0.39, 0.29) is 12.7 Å². The lowest BCUT2D eigenvalue weighted by molar-refractivity contribution is 0.0693. The Bertz CT molecular complexity index is 968. The topological polar surface area (TPSA) is 85.6 Å². The summed E-state index contributed by atoms with van der Waals surface area (Å²) in [5.74, 6) is 1.57. The molecule has 1 aromatic heterocycles. The maximum Gasteiger partial charge on any atom is 0.410 e. The second-order valence-corrected chi connectivity index (χ2v) is 7.24. The molecule has 0 N–H and O–H groups in total. The molecule has 0 radical (unpaired) electrons. The van der Waals surface area contributed by atoms with Crippen molar-refractivity contribution in [2.45, 2.75) is 20.1 Å². The minimum absolute atomic E-state index is 0.275. The van der Waals surface area contributed by atoms with Crippen LogP contribution < -0.4 is 4.74 Å². The van der Waals surface area contributed by atoms with Gasteiger partial charge in [0, 0.05) is 26.2 Å². The van der Waals surface area contributed by atoms with Crippen LogP contribution in [0.5, 0.6) is 5.75 Å². The second-order valence-electron chi connectivity index (χ2n) is 7.24. The highest BCUT2D eigenvalue weighted by Crippen LogP contribution is 2.16. The zero-order valence-corrected chi connectivity index (χ0v) is 17.6. The van der Waals surface area contributed by atoms with Gasteiger partial charge in [0.15, 0.2) is 5.82 Å². The third-order valence-corrected chi connectivity index (χ3v) is 5.13. The molecule has 9 nitrogen and oxygen atoms in total. The van der Waals surface area contributed by atoms with Crippen molar-refractivity contribution in [2.24, 2.45) is 0 Å². The van der Waals surface area contributed by atoms with E-state index in [1.807, 2.05) is 61.5 Å². The average Bonchev–Trinajstić information content (AvgIpc) is 3.27. The van der Waals surface area contributed by atoms with Gasteiger partial charge in [0.2, 0.25) is 0 Å². The minimum Gasteiger partial charge on any atom is -0.494 e. The zero-order chi connectivity index (χ0) is 21.5. The number of rotatable bonds is 7. The number of aromatic nitrogens is 4. The predicted octanol–water partition coefficient (Wildman–Crippen LogP) is 2.52. The molecule has 31 heavy (non-hydrogen) atoms. The van der Waals surface area contributed by atoms with Crippen molar-refractivity contribution < 1.29 is 14.3 Å². The largest absolute Gasteiger partial charge is 0.494 e. The summed E-state index contributed by atoms with van der Waals surface area (Å²) in [6.07, 6.45) is -0.275. The monoisotopic (exact) mass is 422 g/mol. The summed E-state index contributed by atoms with van der Waals surface area (Å²) < 4.78 is 12.7. The maximum absolute atomic E-state index is 12.3. The van der Waals surface area contributed by atoms with Gasteiger partial charge in [0.25, 0.3) is 0 Å². The van der Waals surface area contributed by atoms with E-state index in [4.69, 9.17) is 9.47 Å². The summed E-state index contributed by atoms with van der Waals surface area (Å²) in [6.45, 7) is 6.16. The molecule has 1 saturated heterocycles. The van der Waals surface area contributed by atoms with E-state index in [1.165, 1.54) is 0 Å². The molecule has 0 bridgehead atoms. The number of nitrogens with zero attached hydrogens (tertiary/aromatic N) is 6. The van der Waals surface area contributed by atoms with Gasteiger partial charge in [0.05, 0.1) is 18.8 Å². The van der Waals surface area contributed by atoms with Crippen LogP contribution in [0, 0.1) is 0 Å². The van der Waals surface area contributed by atoms with E-state index in [0.717, 1.165) is 35.9 Å². The molecule has 0 spiro atoms. The Labute approximate surface area is 181 Å². The van der Waals surface area contributed by atoms with Crippen molar-refractivity contribution in [3.63, 3.8) is 0 Å². The molecule has 1 aliphatic rings. The maximum atomic E-state index is 12.3. The van der Waals surface area contributed by atoms with Gasteiger partial charge in [-0.25, -0.2) is 4.79 Å². The van der Waals surface area contributed by atoms with Gasteiger partial charge in [-0.1, -0.05) is 30.3 Å². The number of amides is 1. The van der Waals surface area contributed by atoms with Crippen LogP contribution >= 0.6 is 0 Å². The summed E-state index contributed by atoms with van der Waals surface area (Å²) in [7, 11) is 0. The van der Waals surface area contributed by atoms with Crippen molar-refractivity contribution in [1.29, 1.82) is 0 Å². The van der Waals surface area contributed by atoms with Gasteiger partial charge in [-0.3, -0.25) is 4.90 Å². The summed E-state index contributed by atoms with van der Waals surface area (Å²) in [4.78, 5) is 16.3. The normalized spacial score (nSPS) is 14.4. The Morgan fingerprint density at radius 1 is 1.00 bits per heavy atom. The number of tetrazole rings is 1. The van der Waals surface area contributed by atoms with E-state index < -0.39 is 0 Å². The summed E-state index contributed by atoms with van der Waals surface area (Å²) >= 11 is 0. The van der Waals surface area contributed by atoms with Crippen LogP contribution in [0.2, 0.25) is 0 Å². The first kappa shape index (κ1) is 20.8. The van der Waals surface area contributed by atoms with Gasteiger partial charge >= 0.3 is 6.09 Å². The van der Waals surface area contributed by atoms with Crippen molar-refractivity contribution in [3.8, 4) is 11.4 Å². The van der Waals surface area contributed by atoms with Gasteiger partial charge in [-0.15, -0.1) is 5.10 Å². The highest BCUT2D eigenvalue weighted by Gasteiger charge is 2.23. The lowest BCUT2D eigenvalue weighted by Crippen LogP contribution is -2.48. The third-order valence-electron chi connectivity index (χ3n) is 5.13. The highest BCUT2D eigenvalue weighted by atomic mass is 16.6. The molecule has 1 aliphatic heterocycles. The van der Waals surface area contributed by atoms with Crippen LogP contribution in [0.15, 0.2) is 54.6 Å². The average molecular weight is 422 g/mol. The standard InChI is InChI=1S/C22H26N6O3/c1-2-30-20-10-8-19(9-11-20)28-21(23-24-25-28)16-26-12-14-27(15-13-26)22(29)31-17-18-6-4-3-5-7-18/h3-11H,2,12-17H2,1H3. The van der Waals surface area contributed by atoms with Crippen LogP contribution in [0.1, 0.15) is 18.3 Å². The van der Waals surface area contributed by atoms with Crippen LogP contribution in [-0.2, 0) is 17.9 Å². The van der Waals surface area contributed by atoms with Gasteiger partial charge < -0.3 is 14.4 Å². The van der Waals surface area contributed by atoms with Gasteiger partial charge in [-0.2, -0.15) is 4.68 Å². The fraction of sp³-hybridized carbons (Fsp3) is 0.364. The van der Waals surface area contributed by atoms with E-state index in [9.17, 15) is 4.79 Å². The molecule has 0 aliphatic carbocycles. The Kier molecular flexibility index (Phi) is 6.73. The molecule has 2 heterocycles.